The number of amides is 1. The Morgan fingerprint density at radius 3 is 2.64 bits per heavy atom. The van der Waals surface area contributed by atoms with E-state index in [0.717, 1.165) is 11.3 Å². The minimum absolute atomic E-state index is 0.0429. The molecule has 6 nitrogen and oxygen atoms in total. The predicted octanol–water partition coefficient (Wildman–Crippen LogP) is 3.87. The van der Waals surface area contributed by atoms with Gasteiger partial charge in [-0.25, -0.2) is 5.01 Å². The van der Waals surface area contributed by atoms with Gasteiger partial charge < -0.3 is 9.52 Å². The molecular formula is C18H17ClN2O4. The number of nitrogens with zero attached hydrogens (tertiary/aromatic N) is 2. The van der Waals surface area contributed by atoms with Crippen molar-refractivity contribution >= 4 is 29.2 Å². The van der Waals surface area contributed by atoms with Crippen LogP contribution in [-0.2, 0) is 9.59 Å². The number of carboxylic acid groups (broad SMARTS) is 1. The molecule has 1 aliphatic heterocycles. The van der Waals surface area contributed by atoms with E-state index in [9.17, 15) is 9.59 Å². The fourth-order valence-electron chi connectivity index (χ4n) is 2.76. The van der Waals surface area contributed by atoms with Gasteiger partial charge in [0.1, 0.15) is 11.8 Å². The quantitative estimate of drug-likeness (QED) is 0.847. The van der Waals surface area contributed by atoms with E-state index in [1.165, 1.54) is 5.01 Å². The molecule has 0 spiro atoms. The largest absolute Gasteiger partial charge is 0.481 e. The third-order valence-corrected chi connectivity index (χ3v) is 4.25. The summed E-state index contributed by atoms with van der Waals surface area (Å²) in [6.45, 7) is 0. The van der Waals surface area contributed by atoms with Crippen molar-refractivity contribution in [3.63, 3.8) is 0 Å². The monoisotopic (exact) mass is 360 g/mol. The second-order valence-electron chi connectivity index (χ2n) is 5.77. The van der Waals surface area contributed by atoms with Crippen molar-refractivity contribution in [3.8, 4) is 0 Å². The highest BCUT2D eigenvalue weighted by atomic mass is 35.5. The predicted molar refractivity (Wildman–Crippen MR) is 92.4 cm³/mol. The van der Waals surface area contributed by atoms with Gasteiger partial charge in [0.25, 0.3) is 0 Å². The molecule has 1 aromatic carbocycles. The molecule has 0 radical (unpaired) electrons. The van der Waals surface area contributed by atoms with Crippen molar-refractivity contribution in [3.05, 3.63) is 59.0 Å². The minimum atomic E-state index is -0.915. The summed E-state index contributed by atoms with van der Waals surface area (Å²) >= 11 is 5.92. The molecule has 0 saturated heterocycles. The van der Waals surface area contributed by atoms with E-state index >= 15 is 0 Å². The molecule has 2 aromatic rings. The molecule has 1 aliphatic rings. The van der Waals surface area contributed by atoms with Crippen molar-refractivity contribution < 1.29 is 19.1 Å². The average Bonchev–Trinajstić information content (AvgIpc) is 3.24. The number of aliphatic carboxylic acids is 1. The van der Waals surface area contributed by atoms with Crippen molar-refractivity contribution in [2.24, 2.45) is 5.10 Å². The van der Waals surface area contributed by atoms with Crippen LogP contribution in [0.5, 0.6) is 0 Å². The standard InChI is InChI=1S/C18H17ClN2O4/c19-13-8-6-12(7-9-13)14-11-15(16-3-2-10-25-16)21(20-14)17(22)4-1-5-18(23)24/h2-3,6-10,15H,1,4-5,11H2,(H,23,24)/t15-/m0/s1. The molecule has 0 saturated carbocycles. The van der Waals surface area contributed by atoms with Crippen LogP contribution in [0.1, 0.15) is 43.0 Å². The SMILES string of the molecule is O=C(O)CCCC(=O)N1N=C(c2ccc(Cl)cc2)C[C@H]1c1ccco1. The normalized spacial score (nSPS) is 16.8. The number of hydrogen-bond acceptors (Lipinski definition) is 4. The smallest absolute Gasteiger partial charge is 0.303 e. The van der Waals surface area contributed by atoms with Gasteiger partial charge >= 0.3 is 5.97 Å². The van der Waals surface area contributed by atoms with Crippen LogP contribution in [0, 0.1) is 0 Å². The molecule has 1 N–H and O–H groups in total. The second-order valence-corrected chi connectivity index (χ2v) is 6.21. The zero-order chi connectivity index (χ0) is 17.8. The summed E-state index contributed by atoms with van der Waals surface area (Å²) in [4.78, 5) is 23.2. The molecule has 7 heteroatoms. The number of hydrazone groups is 1. The molecule has 1 atom stereocenters. The number of halogens is 1. The first-order chi connectivity index (χ1) is 12.0. The number of furan rings is 1. The zero-order valence-corrected chi connectivity index (χ0v) is 14.1. The molecule has 3 rings (SSSR count). The van der Waals surface area contributed by atoms with Gasteiger partial charge in [-0.15, -0.1) is 0 Å². The van der Waals surface area contributed by atoms with Crippen molar-refractivity contribution in [2.75, 3.05) is 0 Å². The summed E-state index contributed by atoms with van der Waals surface area (Å²) in [7, 11) is 0. The molecule has 1 aromatic heterocycles. The van der Waals surface area contributed by atoms with E-state index in [2.05, 4.69) is 5.10 Å². The Labute approximate surface area is 149 Å². The van der Waals surface area contributed by atoms with Gasteiger partial charge in [0.05, 0.1) is 12.0 Å². The molecule has 0 bridgehead atoms. The highest BCUT2D eigenvalue weighted by Crippen LogP contribution is 2.33. The van der Waals surface area contributed by atoms with Gasteiger partial charge in [-0.1, -0.05) is 23.7 Å². The third-order valence-electron chi connectivity index (χ3n) is 4.00. The first-order valence-corrected chi connectivity index (χ1v) is 8.33. The zero-order valence-electron chi connectivity index (χ0n) is 13.4. The maximum absolute atomic E-state index is 12.5. The number of rotatable bonds is 6. The van der Waals surface area contributed by atoms with E-state index in [4.69, 9.17) is 21.1 Å². The number of hydrogen-bond donors (Lipinski definition) is 1. The van der Waals surface area contributed by atoms with Crippen molar-refractivity contribution in [1.29, 1.82) is 0 Å². The Balaban J connectivity index is 1.80. The summed E-state index contributed by atoms with van der Waals surface area (Å²) < 4.78 is 5.46. The lowest BCUT2D eigenvalue weighted by molar-refractivity contribution is -0.137. The van der Waals surface area contributed by atoms with Crippen LogP contribution >= 0.6 is 11.6 Å². The van der Waals surface area contributed by atoms with Gasteiger partial charge in [0, 0.05) is 24.3 Å². The minimum Gasteiger partial charge on any atom is -0.481 e. The maximum atomic E-state index is 12.5. The van der Waals surface area contributed by atoms with Crippen molar-refractivity contribution in [1.82, 2.24) is 5.01 Å². The third kappa shape index (κ3) is 4.09. The first-order valence-electron chi connectivity index (χ1n) is 7.95. The highest BCUT2D eigenvalue weighted by molar-refractivity contribution is 6.30. The van der Waals surface area contributed by atoms with Crippen LogP contribution in [0.2, 0.25) is 5.02 Å². The van der Waals surface area contributed by atoms with Crippen LogP contribution < -0.4 is 0 Å². The molecule has 2 heterocycles. The van der Waals surface area contributed by atoms with E-state index in [0.29, 0.717) is 17.2 Å². The van der Waals surface area contributed by atoms with E-state index in [1.807, 2.05) is 18.2 Å². The number of benzene rings is 1. The Hall–Kier alpha value is -2.60. The lowest BCUT2D eigenvalue weighted by Gasteiger charge is -2.19. The Bertz CT molecular complexity index is 784. The van der Waals surface area contributed by atoms with Gasteiger partial charge in [-0.2, -0.15) is 5.10 Å². The number of carbonyl (C=O) groups excluding carboxylic acids is 1. The lowest BCUT2D eigenvalue weighted by atomic mass is 10.0. The topological polar surface area (TPSA) is 83.1 Å². The summed E-state index contributed by atoms with van der Waals surface area (Å²) in [5.74, 6) is -0.479. The molecule has 0 aliphatic carbocycles. The molecule has 25 heavy (non-hydrogen) atoms. The highest BCUT2D eigenvalue weighted by Gasteiger charge is 2.34. The average molecular weight is 361 g/mol. The van der Waals surface area contributed by atoms with E-state index in [-0.39, 0.29) is 31.2 Å². The molecule has 0 unspecified atom stereocenters. The summed E-state index contributed by atoms with van der Waals surface area (Å²) in [5, 5.41) is 15.2. The van der Waals surface area contributed by atoms with Crippen LogP contribution in [0.25, 0.3) is 0 Å². The molecule has 130 valence electrons. The van der Waals surface area contributed by atoms with E-state index < -0.39 is 5.97 Å². The summed E-state index contributed by atoms with van der Waals surface area (Å²) in [6.07, 6.45) is 2.45. The van der Waals surface area contributed by atoms with Gasteiger partial charge in [-0.05, 0) is 36.2 Å². The maximum Gasteiger partial charge on any atom is 0.303 e. The Morgan fingerprint density at radius 1 is 1.24 bits per heavy atom. The van der Waals surface area contributed by atoms with Crippen LogP contribution in [0.3, 0.4) is 0 Å². The second kappa shape index (κ2) is 7.53. The lowest BCUT2D eigenvalue weighted by Crippen LogP contribution is -2.26. The fourth-order valence-corrected chi connectivity index (χ4v) is 2.89. The van der Waals surface area contributed by atoms with Gasteiger partial charge in [-0.3, -0.25) is 9.59 Å². The summed E-state index contributed by atoms with van der Waals surface area (Å²) in [5.41, 5.74) is 1.66. The first kappa shape index (κ1) is 17.2. The Morgan fingerprint density at radius 2 is 2.00 bits per heavy atom. The van der Waals surface area contributed by atoms with Gasteiger partial charge in [0.2, 0.25) is 5.91 Å². The van der Waals surface area contributed by atoms with Crippen LogP contribution in [0.4, 0.5) is 0 Å². The molecule has 1 amide bonds. The van der Waals surface area contributed by atoms with Crippen LogP contribution in [0.15, 0.2) is 52.2 Å². The fraction of sp³-hybridized carbons (Fsp3) is 0.278. The van der Waals surface area contributed by atoms with Crippen LogP contribution in [-0.4, -0.2) is 27.7 Å². The summed E-state index contributed by atoms with van der Waals surface area (Å²) in [6, 6.07) is 10.5. The number of carboxylic acids is 1. The Kier molecular flexibility index (Phi) is 5.19. The molecule has 0 fully saturated rings. The van der Waals surface area contributed by atoms with Crippen molar-refractivity contribution in [2.45, 2.75) is 31.7 Å². The molecular weight excluding hydrogens is 344 g/mol. The number of carbonyl (C=O) groups is 2. The van der Waals surface area contributed by atoms with E-state index in [1.54, 1.807) is 24.5 Å². The van der Waals surface area contributed by atoms with Gasteiger partial charge in [0.15, 0.2) is 0 Å².